The van der Waals surface area contributed by atoms with E-state index in [4.69, 9.17) is 14.2 Å². The van der Waals surface area contributed by atoms with E-state index in [1.54, 1.807) is 6.07 Å². The van der Waals surface area contributed by atoms with Crippen LogP contribution in [-0.4, -0.2) is 62.1 Å². The second-order valence-corrected chi connectivity index (χ2v) is 8.43. The highest BCUT2D eigenvalue weighted by Gasteiger charge is 2.46. The molecule has 3 N–H and O–H groups in total. The second-order valence-electron chi connectivity index (χ2n) is 8.43. The highest BCUT2D eigenvalue weighted by Crippen LogP contribution is 2.47. The number of carbonyl (C=O) groups is 2. The normalized spacial score (nSPS) is 23.2. The lowest BCUT2D eigenvalue weighted by molar-refractivity contribution is -0.142. The zero-order chi connectivity index (χ0) is 23.2. The number of methoxy groups -OCH3 is 1. The van der Waals surface area contributed by atoms with E-state index in [0.717, 1.165) is 12.0 Å². The number of amides is 2. The Bertz CT molecular complexity index is 967. The van der Waals surface area contributed by atoms with Gasteiger partial charge in [0, 0.05) is 30.8 Å². The fourth-order valence-corrected chi connectivity index (χ4v) is 4.56. The van der Waals surface area contributed by atoms with Crippen LogP contribution in [0.2, 0.25) is 0 Å². The maximum atomic E-state index is 12.5. The summed E-state index contributed by atoms with van der Waals surface area (Å²) in [6.07, 6.45) is 0.392. The summed E-state index contributed by atoms with van der Waals surface area (Å²) in [4.78, 5) is 24.4. The summed E-state index contributed by atoms with van der Waals surface area (Å²) >= 11 is 0. The maximum absolute atomic E-state index is 12.5. The number of fused-ring (bicyclic) bond motifs is 3. The molecular formula is C25H30N2O6. The largest absolute Gasteiger partial charge is 0.487 e. The molecule has 8 heteroatoms. The second kappa shape index (κ2) is 10.8. The van der Waals surface area contributed by atoms with Crippen LogP contribution in [0.4, 0.5) is 5.69 Å². The van der Waals surface area contributed by atoms with Gasteiger partial charge in [-0.3, -0.25) is 9.59 Å². The zero-order valence-corrected chi connectivity index (χ0v) is 18.7. The van der Waals surface area contributed by atoms with Crippen LogP contribution in [-0.2, 0) is 25.5 Å². The molecule has 4 atom stereocenters. The third kappa shape index (κ3) is 5.71. The van der Waals surface area contributed by atoms with E-state index >= 15 is 0 Å². The van der Waals surface area contributed by atoms with E-state index in [1.807, 2.05) is 42.5 Å². The van der Waals surface area contributed by atoms with Gasteiger partial charge in [-0.15, -0.1) is 0 Å². The topological polar surface area (TPSA) is 106 Å². The number of hydrogen-bond acceptors (Lipinski definition) is 6. The smallest absolute Gasteiger partial charge is 0.250 e. The van der Waals surface area contributed by atoms with Crippen molar-refractivity contribution in [3.8, 4) is 5.75 Å². The molecule has 0 saturated carbocycles. The maximum Gasteiger partial charge on any atom is 0.250 e. The predicted octanol–water partition coefficient (Wildman–Crippen LogP) is 2.01. The number of nitrogens with one attached hydrogen (secondary N) is 2. The van der Waals surface area contributed by atoms with E-state index < -0.39 is 6.10 Å². The molecule has 0 aliphatic carbocycles. The van der Waals surface area contributed by atoms with E-state index in [0.29, 0.717) is 24.4 Å². The van der Waals surface area contributed by atoms with E-state index in [9.17, 15) is 14.7 Å². The highest BCUT2D eigenvalue weighted by atomic mass is 16.6. The Hall–Kier alpha value is -2.94. The molecule has 2 aromatic carbocycles. The third-order valence-corrected chi connectivity index (χ3v) is 6.05. The zero-order valence-electron chi connectivity index (χ0n) is 18.7. The van der Waals surface area contributed by atoms with Gasteiger partial charge >= 0.3 is 0 Å². The van der Waals surface area contributed by atoms with Crippen molar-refractivity contribution in [3.63, 3.8) is 0 Å². The van der Waals surface area contributed by atoms with Gasteiger partial charge in [-0.2, -0.15) is 0 Å². The summed E-state index contributed by atoms with van der Waals surface area (Å²) in [5, 5.41) is 15.7. The van der Waals surface area contributed by atoms with Gasteiger partial charge in [0.1, 0.15) is 24.6 Å². The van der Waals surface area contributed by atoms with Crippen LogP contribution in [0.25, 0.3) is 0 Å². The lowest BCUT2D eigenvalue weighted by Gasteiger charge is -2.37. The molecule has 0 unspecified atom stereocenters. The Labute approximate surface area is 193 Å². The van der Waals surface area contributed by atoms with E-state index in [-0.39, 0.29) is 49.6 Å². The quantitative estimate of drug-likeness (QED) is 0.535. The summed E-state index contributed by atoms with van der Waals surface area (Å²) in [6, 6.07) is 15.5. The number of aliphatic hydroxyl groups is 1. The summed E-state index contributed by atoms with van der Waals surface area (Å²) in [5.41, 5.74) is 2.77. The van der Waals surface area contributed by atoms with Gasteiger partial charge < -0.3 is 30.0 Å². The lowest BCUT2D eigenvalue weighted by atomic mass is 9.84. The molecule has 2 aliphatic rings. The van der Waals surface area contributed by atoms with Crippen molar-refractivity contribution in [2.45, 2.75) is 43.5 Å². The molecule has 1 saturated heterocycles. The number of hydrogen-bond donors (Lipinski definition) is 3. The van der Waals surface area contributed by atoms with Gasteiger partial charge in [-0.1, -0.05) is 30.3 Å². The van der Waals surface area contributed by atoms with Crippen molar-refractivity contribution >= 4 is 17.5 Å². The van der Waals surface area contributed by atoms with Gasteiger partial charge in [0.05, 0.1) is 19.1 Å². The van der Waals surface area contributed by atoms with Crippen LogP contribution in [0.15, 0.2) is 48.5 Å². The third-order valence-electron chi connectivity index (χ3n) is 6.05. The van der Waals surface area contributed by atoms with Crippen molar-refractivity contribution in [1.82, 2.24) is 5.32 Å². The van der Waals surface area contributed by atoms with Crippen LogP contribution in [0.1, 0.15) is 29.9 Å². The lowest BCUT2D eigenvalue weighted by Crippen LogP contribution is -2.47. The Morgan fingerprint density at radius 1 is 1.15 bits per heavy atom. The Kier molecular flexibility index (Phi) is 7.59. The average molecular weight is 455 g/mol. The van der Waals surface area contributed by atoms with Crippen LogP contribution in [0.5, 0.6) is 5.75 Å². The first-order chi connectivity index (χ1) is 16.1. The average Bonchev–Trinajstić information content (AvgIpc) is 3.17. The molecule has 2 aromatic rings. The minimum atomic E-state index is -0.523. The van der Waals surface area contributed by atoms with Crippen LogP contribution < -0.4 is 15.4 Å². The van der Waals surface area contributed by atoms with Gasteiger partial charge in [0.25, 0.3) is 0 Å². The fraction of sp³-hybridized carbons (Fsp3) is 0.440. The number of rotatable bonds is 9. The number of anilines is 1. The van der Waals surface area contributed by atoms with Gasteiger partial charge in [-0.05, 0) is 36.6 Å². The molecule has 176 valence electrons. The molecular weight excluding hydrogens is 424 g/mol. The van der Waals surface area contributed by atoms with Crippen molar-refractivity contribution in [2.24, 2.45) is 0 Å². The predicted molar refractivity (Wildman–Crippen MR) is 122 cm³/mol. The van der Waals surface area contributed by atoms with E-state index in [1.165, 1.54) is 12.7 Å². The molecule has 0 aromatic heterocycles. The number of aliphatic hydroxyl groups excluding tert-OH is 1. The number of ether oxygens (including phenoxy) is 3. The summed E-state index contributed by atoms with van der Waals surface area (Å²) < 4.78 is 17.0. The molecule has 0 spiro atoms. The summed E-state index contributed by atoms with van der Waals surface area (Å²) in [7, 11) is 1.47. The van der Waals surface area contributed by atoms with Gasteiger partial charge in [0.2, 0.25) is 11.8 Å². The first-order valence-electron chi connectivity index (χ1n) is 11.2. The van der Waals surface area contributed by atoms with Crippen molar-refractivity contribution in [2.75, 3.05) is 32.2 Å². The standard InChI is InChI=1S/C25H30N2O6/c1-31-15-24(30)27-17-7-8-21-19(11-17)20-12-18(32-22(14-28)25(20)33-21)13-23(29)26-10-9-16-5-3-2-4-6-16/h2-8,11,18,20,22,25,28H,9-10,12-15H2,1H3,(H,26,29)(H,27,30)/t18-,20-,22-,25+/m1/s1. The molecule has 0 bridgehead atoms. The Balaban J connectivity index is 1.38. The van der Waals surface area contributed by atoms with E-state index in [2.05, 4.69) is 10.6 Å². The molecule has 1 fully saturated rings. The van der Waals surface area contributed by atoms with Crippen molar-refractivity contribution < 1.29 is 28.9 Å². The minimum Gasteiger partial charge on any atom is -0.487 e. The molecule has 2 amide bonds. The summed E-state index contributed by atoms with van der Waals surface area (Å²) in [5.74, 6) is 0.362. The van der Waals surface area contributed by atoms with Crippen molar-refractivity contribution in [1.29, 1.82) is 0 Å². The molecule has 2 heterocycles. The summed E-state index contributed by atoms with van der Waals surface area (Å²) in [6.45, 7) is 0.335. The van der Waals surface area contributed by atoms with Gasteiger partial charge in [-0.25, -0.2) is 0 Å². The molecule has 33 heavy (non-hydrogen) atoms. The van der Waals surface area contributed by atoms with Crippen molar-refractivity contribution in [3.05, 3.63) is 59.7 Å². The van der Waals surface area contributed by atoms with Crippen LogP contribution in [0, 0.1) is 0 Å². The Morgan fingerprint density at radius 2 is 1.97 bits per heavy atom. The monoisotopic (exact) mass is 454 g/mol. The first kappa shape index (κ1) is 23.2. The van der Waals surface area contributed by atoms with Crippen LogP contribution in [0.3, 0.4) is 0 Å². The SMILES string of the molecule is COCC(=O)Nc1ccc2c(c1)[C@H]1C[C@H](CC(=O)NCCc3ccccc3)O[C@H](CO)[C@H]1O2. The van der Waals surface area contributed by atoms with Gasteiger partial charge in [0.15, 0.2) is 0 Å². The molecule has 4 rings (SSSR count). The minimum absolute atomic E-state index is 0.0263. The number of benzene rings is 2. The number of carbonyl (C=O) groups excluding carboxylic acids is 2. The van der Waals surface area contributed by atoms with Crippen LogP contribution >= 0.6 is 0 Å². The molecule has 0 radical (unpaired) electrons. The molecule has 2 aliphatic heterocycles. The molecule has 8 nitrogen and oxygen atoms in total. The fourth-order valence-electron chi connectivity index (χ4n) is 4.56. The highest BCUT2D eigenvalue weighted by molar-refractivity contribution is 5.92. The Morgan fingerprint density at radius 3 is 2.73 bits per heavy atom. The first-order valence-corrected chi connectivity index (χ1v) is 11.2.